The molecule has 2 rings (SSSR count). The topological polar surface area (TPSA) is 44.5 Å². The van der Waals surface area contributed by atoms with Crippen LogP contribution >= 0.6 is 15.9 Å². The lowest BCUT2D eigenvalue weighted by Crippen LogP contribution is -2.21. The average molecular weight is 300 g/mol. The maximum atomic E-state index is 5.88. The third-order valence-electron chi connectivity index (χ3n) is 3.06. The zero-order valence-electron chi connectivity index (χ0n) is 9.82. The summed E-state index contributed by atoms with van der Waals surface area (Å²) in [5, 5.41) is 0. The van der Waals surface area contributed by atoms with E-state index in [0.29, 0.717) is 12.5 Å². The third-order valence-corrected chi connectivity index (χ3v) is 3.56. The molecule has 0 amide bonds. The van der Waals surface area contributed by atoms with Gasteiger partial charge in [-0.1, -0.05) is 22.0 Å². The second-order valence-corrected chi connectivity index (χ2v) is 5.24. The van der Waals surface area contributed by atoms with E-state index in [1.165, 1.54) is 0 Å². The second kappa shape index (κ2) is 6.38. The van der Waals surface area contributed by atoms with Crippen molar-refractivity contribution in [2.24, 2.45) is 11.7 Å². The largest absolute Gasteiger partial charge is 0.493 e. The number of benzene rings is 1. The van der Waals surface area contributed by atoms with Crippen LogP contribution in [0.1, 0.15) is 18.4 Å². The molecule has 0 unspecified atom stereocenters. The predicted octanol–water partition coefficient (Wildman–Crippen LogP) is 2.71. The molecule has 2 N–H and O–H groups in total. The number of halogens is 1. The van der Waals surface area contributed by atoms with Gasteiger partial charge in [-0.25, -0.2) is 0 Å². The highest BCUT2D eigenvalue weighted by molar-refractivity contribution is 9.10. The monoisotopic (exact) mass is 299 g/mol. The average Bonchev–Trinajstić information content (AvgIpc) is 2.38. The standard InChI is InChI=1S/C13H18BrNO2/c14-12-2-1-11(8-15)13(7-12)17-9-10-3-5-16-6-4-10/h1-2,7,10H,3-6,8-9,15H2. The van der Waals surface area contributed by atoms with E-state index >= 15 is 0 Å². The molecule has 0 atom stereocenters. The summed E-state index contributed by atoms with van der Waals surface area (Å²) in [6.07, 6.45) is 2.18. The molecule has 1 aromatic carbocycles. The van der Waals surface area contributed by atoms with Crippen LogP contribution in [0.5, 0.6) is 5.75 Å². The minimum absolute atomic E-state index is 0.510. The van der Waals surface area contributed by atoms with Gasteiger partial charge in [-0.2, -0.15) is 0 Å². The summed E-state index contributed by atoms with van der Waals surface area (Å²) in [5.74, 6) is 1.50. The SMILES string of the molecule is NCc1ccc(Br)cc1OCC1CCOCC1. The Labute approximate surface area is 110 Å². The first-order valence-corrected chi connectivity index (χ1v) is 6.78. The number of rotatable bonds is 4. The highest BCUT2D eigenvalue weighted by Gasteiger charge is 2.15. The van der Waals surface area contributed by atoms with Crippen LogP contribution in [0.15, 0.2) is 22.7 Å². The van der Waals surface area contributed by atoms with Gasteiger partial charge in [-0.15, -0.1) is 0 Å². The van der Waals surface area contributed by atoms with Crippen molar-refractivity contribution in [1.82, 2.24) is 0 Å². The normalized spacial score (nSPS) is 17.1. The van der Waals surface area contributed by atoms with Gasteiger partial charge < -0.3 is 15.2 Å². The van der Waals surface area contributed by atoms with Crippen LogP contribution in [-0.4, -0.2) is 19.8 Å². The zero-order chi connectivity index (χ0) is 12.1. The molecule has 0 radical (unpaired) electrons. The highest BCUT2D eigenvalue weighted by atomic mass is 79.9. The van der Waals surface area contributed by atoms with Crippen LogP contribution < -0.4 is 10.5 Å². The Hall–Kier alpha value is -0.580. The van der Waals surface area contributed by atoms with Crippen LogP contribution in [0.4, 0.5) is 0 Å². The van der Waals surface area contributed by atoms with E-state index in [0.717, 1.165) is 48.4 Å². The molecular formula is C13H18BrNO2. The van der Waals surface area contributed by atoms with E-state index < -0.39 is 0 Å². The molecule has 1 aromatic rings. The van der Waals surface area contributed by atoms with Gasteiger partial charge in [0.2, 0.25) is 0 Å². The second-order valence-electron chi connectivity index (χ2n) is 4.32. The van der Waals surface area contributed by atoms with Crippen LogP contribution in [0.3, 0.4) is 0 Å². The van der Waals surface area contributed by atoms with Gasteiger partial charge in [0.15, 0.2) is 0 Å². The van der Waals surface area contributed by atoms with Crippen molar-refractivity contribution in [3.05, 3.63) is 28.2 Å². The van der Waals surface area contributed by atoms with Crippen molar-refractivity contribution >= 4 is 15.9 Å². The molecule has 0 saturated carbocycles. The lowest BCUT2D eigenvalue weighted by atomic mass is 10.0. The molecule has 1 aliphatic heterocycles. The molecule has 1 heterocycles. The van der Waals surface area contributed by atoms with E-state index in [1.54, 1.807) is 0 Å². The number of ether oxygens (including phenoxy) is 2. The molecule has 0 aliphatic carbocycles. The molecule has 1 saturated heterocycles. The Kier molecular flexibility index (Phi) is 4.83. The van der Waals surface area contributed by atoms with Crippen molar-refractivity contribution in [3.8, 4) is 5.75 Å². The molecular weight excluding hydrogens is 282 g/mol. The Morgan fingerprint density at radius 2 is 2.12 bits per heavy atom. The van der Waals surface area contributed by atoms with Crippen molar-refractivity contribution in [2.45, 2.75) is 19.4 Å². The molecule has 0 aromatic heterocycles. The van der Waals surface area contributed by atoms with Crippen LogP contribution in [0.2, 0.25) is 0 Å². The molecule has 1 fully saturated rings. The smallest absolute Gasteiger partial charge is 0.124 e. The Bertz CT molecular complexity index is 364. The summed E-state index contributed by atoms with van der Waals surface area (Å²) in [4.78, 5) is 0. The quantitative estimate of drug-likeness (QED) is 0.930. The zero-order valence-corrected chi connectivity index (χ0v) is 11.4. The predicted molar refractivity (Wildman–Crippen MR) is 71.1 cm³/mol. The van der Waals surface area contributed by atoms with Gasteiger partial charge in [0.25, 0.3) is 0 Å². The van der Waals surface area contributed by atoms with Gasteiger partial charge in [-0.05, 0) is 30.9 Å². The van der Waals surface area contributed by atoms with Gasteiger partial charge in [0.05, 0.1) is 6.61 Å². The summed E-state index contributed by atoms with van der Waals surface area (Å²) in [5.41, 5.74) is 6.75. The fourth-order valence-electron chi connectivity index (χ4n) is 1.95. The van der Waals surface area contributed by atoms with E-state index in [4.69, 9.17) is 15.2 Å². The summed E-state index contributed by atoms with van der Waals surface area (Å²) in [7, 11) is 0. The molecule has 3 nitrogen and oxygen atoms in total. The van der Waals surface area contributed by atoms with Gasteiger partial charge in [0.1, 0.15) is 5.75 Å². The highest BCUT2D eigenvalue weighted by Crippen LogP contribution is 2.25. The summed E-state index contributed by atoms with van der Waals surface area (Å²) < 4.78 is 12.2. The number of nitrogens with two attached hydrogens (primary N) is 1. The Balaban J connectivity index is 1.95. The maximum Gasteiger partial charge on any atom is 0.124 e. The Morgan fingerprint density at radius 1 is 1.35 bits per heavy atom. The lowest BCUT2D eigenvalue weighted by molar-refractivity contribution is 0.0496. The molecule has 17 heavy (non-hydrogen) atoms. The lowest BCUT2D eigenvalue weighted by Gasteiger charge is -2.22. The van der Waals surface area contributed by atoms with Crippen LogP contribution in [-0.2, 0) is 11.3 Å². The van der Waals surface area contributed by atoms with E-state index in [-0.39, 0.29) is 0 Å². The van der Waals surface area contributed by atoms with Gasteiger partial charge >= 0.3 is 0 Å². The van der Waals surface area contributed by atoms with Crippen molar-refractivity contribution < 1.29 is 9.47 Å². The first kappa shape index (κ1) is 12.9. The van der Waals surface area contributed by atoms with Gasteiger partial charge in [-0.3, -0.25) is 0 Å². The molecule has 0 spiro atoms. The van der Waals surface area contributed by atoms with E-state index in [9.17, 15) is 0 Å². The molecule has 1 aliphatic rings. The molecule has 4 heteroatoms. The summed E-state index contributed by atoms with van der Waals surface area (Å²) in [6, 6.07) is 5.98. The third kappa shape index (κ3) is 3.69. The Morgan fingerprint density at radius 3 is 2.82 bits per heavy atom. The summed E-state index contributed by atoms with van der Waals surface area (Å²) >= 11 is 3.45. The minimum atomic E-state index is 0.510. The van der Waals surface area contributed by atoms with Crippen molar-refractivity contribution in [3.63, 3.8) is 0 Å². The van der Waals surface area contributed by atoms with Crippen LogP contribution in [0, 0.1) is 5.92 Å². The van der Waals surface area contributed by atoms with Gasteiger partial charge in [0, 0.05) is 29.8 Å². The van der Waals surface area contributed by atoms with E-state index in [2.05, 4.69) is 15.9 Å². The maximum absolute atomic E-state index is 5.88. The van der Waals surface area contributed by atoms with Crippen molar-refractivity contribution in [2.75, 3.05) is 19.8 Å². The number of hydrogen-bond donors (Lipinski definition) is 1. The first-order chi connectivity index (χ1) is 8.29. The minimum Gasteiger partial charge on any atom is -0.493 e. The number of hydrogen-bond acceptors (Lipinski definition) is 3. The fourth-order valence-corrected chi connectivity index (χ4v) is 2.29. The van der Waals surface area contributed by atoms with Crippen LogP contribution in [0.25, 0.3) is 0 Å². The summed E-state index contributed by atoms with van der Waals surface area (Å²) in [6.45, 7) is 2.98. The van der Waals surface area contributed by atoms with Crippen molar-refractivity contribution in [1.29, 1.82) is 0 Å². The molecule has 0 bridgehead atoms. The molecule has 94 valence electrons. The van der Waals surface area contributed by atoms with E-state index in [1.807, 2.05) is 18.2 Å². The fraction of sp³-hybridized carbons (Fsp3) is 0.538. The first-order valence-electron chi connectivity index (χ1n) is 5.98.